The summed E-state index contributed by atoms with van der Waals surface area (Å²) in [5.41, 5.74) is 6.97. The number of aryl methyl sites for hydroxylation is 1. The van der Waals surface area contributed by atoms with E-state index in [9.17, 15) is 19.5 Å². The van der Waals surface area contributed by atoms with Gasteiger partial charge in [0.15, 0.2) is 10.8 Å². The van der Waals surface area contributed by atoms with Crippen molar-refractivity contribution in [2.24, 2.45) is 12.2 Å². The van der Waals surface area contributed by atoms with E-state index in [1.807, 2.05) is 29.9 Å². The first kappa shape index (κ1) is 25.4. The second-order valence-corrected chi connectivity index (χ2v) is 12.1. The van der Waals surface area contributed by atoms with Crippen LogP contribution in [0.5, 0.6) is 0 Å². The van der Waals surface area contributed by atoms with Crippen molar-refractivity contribution in [2.45, 2.75) is 15.8 Å². The predicted octanol–water partition coefficient (Wildman–Crippen LogP) is -0.294. The predicted molar refractivity (Wildman–Crippen MR) is 139 cm³/mol. The number of aliphatic carboxylic acids is 1. The third kappa shape index (κ3) is 4.76. The van der Waals surface area contributed by atoms with Gasteiger partial charge in [0.2, 0.25) is 0 Å². The van der Waals surface area contributed by atoms with Crippen LogP contribution in [0.1, 0.15) is 5.69 Å². The molecule has 0 saturated carbocycles. The molecule has 0 bridgehead atoms. The van der Waals surface area contributed by atoms with E-state index in [0.717, 1.165) is 26.0 Å². The largest absolute Gasteiger partial charge is 0.543 e. The number of pyridine rings is 1. The zero-order valence-electron chi connectivity index (χ0n) is 19.4. The number of β-lactam (4-membered cyclic amide) rings is 1. The van der Waals surface area contributed by atoms with Gasteiger partial charge in [-0.2, -0.15) is 0 Å². The molecule has 16 heteroatoms. The lowest BCUT2D eigenvalue weighted by molar-refractivity contribution is -0.646. The fourth-order valence-corrected chi connectivity index (χ4v) is 8.03. The zero-order chi connectivity index (χ0) is 26.3. The Bertz CT molecular complexity index is 1480. The molecule has 0 aromatic carbocycles. The molecule has 5 heterocycles. The van der Waals surface area contributed by atoms with Crippen LogP contribution >= 0.6 is 46.2 Å². The number of amides is 2. The summed E-state index contributed by atoms with van der Waals surface area (Å²) in [7, 11) is 3.19. The maximum absolute atomic E-state index is 13.0. The minimum Gasteiger partial charge on any atom is -0.543 e. The number of carbonyl (C=O) groups is 3. The molecule has 2 atom stereocenters. The van der Waals surface area contributed by atoms with E-state index >= 15 is 0 Å². The Kier molecular flexibility index (Phi) is 7.06. The maximum Gasteiger partial charge on any atom is 0.342 e. The Morgan fingerprint density at radius 1 is 1.43 bits per heavy atom. The fourth-order valence-electron chi connectivity index (χ4n) is 3.89. The van der Waals surface area contributed by atoms with Gasteiger partial charge in [0, 0.05) is 16.9 Å². The SMILES string of the molecule is CO/N=C(/C(=O)NC1C(=O)N2C(C(=O)[O-])=C(CSc3nc4c(ccc[n+]4C)s3)CSC12)c1csc(N)n1. The van der Waals surface area contributed by atoms with Crippen LogP contribution in [-0.4, -0.2) is 68.4 Å². The summed E-state index contributed by atoms with van der Waals surface area (Å²) >= 11 is 5.42. The summed E-state index contributed by atoms with van der Waals surface area (Å²) in [6.45, 7) is 0. The number of nitrogens with one attached hydrogen (secondary N) is 1. The standard InChI is InChI=1S/C21H19N7O5S4/c1-27-5-3-4-11-15(27)25-21(37-11)36-7-9-6-34-18-13(17(30)28(18)14(9)19(31)32)24-16(29)12(26-33-2)10-8-35-20(22)23-10/h3-5,8,13,18H,6-7H2,1-2H3,(H3-,22,23,24,29,31,32)/b26-12+. The van der Waals surface area contributed by atoms with Crippen LogP contribution in [0.3, 0.4) is 0 Å². The van der Waals surface area contributed by atoms with E-state index in [0.29, 0.717) is 17.1 Å². The first-order valence-corrected chi connectivity index (χ1v) is 14.4. The van der Waals surface area contributed by atoms with E-state index in [4.69, 9.17) is 10.6 Å². The van der Waals surface area contributed by atoms with Gasteiger partial charge in [-0.25, -0.2) is 9.55 Å². The van der Waals surface area contributed by atoms with Gasteiger partial charge in [-0.3, -0.25) is 14.5 Å². The second kappa shape index (κ2) is 10.3. The van der Waals surface area contributed by atoms with E-state index in [2.05, 4.69) is 20.4 Å². The highest BCUT2D eigenvalue weighted by atomic mass is 32.2. The third-order valence-electron chi connectivity index (χ3n) is 5.57. The maximum atomic E-state index is 13.0. The molecule has 2 unspecified atom stereocenters. The molecule has 2 aliphatic heterocycles. The number of fused-ring (bicyclic) bond motifs is 2. The lowest BCUT2D eigenvalue weighted by Crippen LogP contribution is -2.71. The number of anilines is 1. The van der Waals surface area contributed by atoms with E-state index in [1.54, 1.807) is 5.38 Å². The summed E-state index contributed by atoms with van der Waals surface area (Å²) in [5.74, 6) is -1.97. The van der Waals surface area contributed by atoms with Crippen molar-refractivity contribution in [1.29, 1.82) is 0 Å². The minimum atomic E-state index is -1.44. The average molecular weight is 578 g/mol. The number of rotatable bonds is 8. The number of carboxylic acid groups (broad SMARTS) is 1. The van der Waals surface area contributed by atoms with E-state index in [1.165, 1.54) is 46.9 Å². The summed E-state index contributed by atoms with van der Waals surface area (Å²) in [5, 5.41) is 19.6. The van der Waals surface area contributed by atoms with Crippen LogP contribution in [0, 0.1) is 0 Å². The number of nitrogens with two attached hydrogens (primary N) is 1. The van der Waals surface area contributed by atoms with Crippen molar-refractivity contribution < 1.29 is 28.9 Å². The zero-order valence-corrected chi connectivity index (χ0v) is 22.6. The van der Waals surface area contributed by atoms with Gasteiger partial charge in [0.1, 0.15) is 28.9 Å². The van der Waals surface area contributed by atoms with E-state index < -0.39 is 29.2 Å². The highest BCUT2D eigenvalue weighted by Gasteiger charge is 2.53. The Labute approximate surface area is 226 Å². The number of thiazole rings is 2. The molecule has 5 rings (SSSR count). The van der Waals surface area contributed by atoms with Gasteiger partial charge in [-0.05, 0) is 22.7 Å². The van der Waals surface area contributed by atoms with Gasteiger partial charge in [0.05, 0.1) is 24.9 Å². The number of hydrogen-bond acceptors (Lipinski definition) is 13. The van der Waals surface area contributed by atoms with Gasteiger partial charge < -0.3 is 25.8 Å². The molecule has 1 fully saturated rings. The smallest absolute Gasteiger partial charge is 0.342 e. The van der Waals surface area contributed by atoms with Crippen molar-refractivity contribution in [1.82, 2.24) is 20.2 Å². The summed E-state index contributed by atoms with van der Waals surface area (Å²) in [6.07, 6.45) is 1.91. The van der Waals surface area contributed by atoms with E-state index in [-0.39, 0.29) is 22.2 Å². The van der Waals surface area contributed by atoms with Crippen molar-refractivity contribution in [2.75, 3.05) is 24.3 Å². The quantitative estimate of drug-likeness (QED) is 0.119. The van der Waals surface area contributed by atoms with Gasteiger partial charge >= 0.3 is 5.65 Å². The number of thioether (sulfide) groups is 2. The minimum absolute atomic E-state index is 0.139. The normalized spacial score (nSPS) is 19.6. The average Bonchev–Trinajstić information content (AvgIpc) is 3.50. The van der Waals surface area contributed by atoms with Crippen LogP contribution in [0.2, 0.25) is 0 Å². The molecule has 37 heavy (non-hydrogen) atoms. The second-order valence-electron chi connectivity index (χ2n) is 7.87. The molecule has 2 aliphatic rings. The molecule has 192 valence electrons. The Morgan fingerprint density at radius 2 is 2.24 bits per heavy atom. The number of nitrogens with zero attached hydrogens (tertiary/aromatic N) is 5. The van der Waals surface area contributed by atoms with Crippen LogP contribution in [-0.2, 0) is 26.3 Å². The summed E-state index contributed by atoms with van der Waals surface area (Å²) in [4.78, 5) is 52.5. The van der Waals surface area contributed by atoms with Crippen LogP contribution < -0.4 is 20.7 Å². The Morgan fingerprint density at radius 3 is 2.92 bits per heavy atom. The molecule has 1 saturated heterocycles. The highest BCUT2D eigenvalue weighted by Crippen LogP contribution is 2.42. The molecule has 3 aromatic heterocycles. The molecule has 2 amide bonds. The molecule has 0 radical (unpaired) electrons. The van der Waals surface area contributed by atoms with Gasteiger partial charge in [-0.1, -0.05) is 28.3 Å². The molecule has 3 aromatic rings. The third-order valence-corrected chi connectivity index (χ3v) is 9.82. The summed E-state index contributed by atoms with van der Waals surface area (Å²) in [6, 6.07) is 2.97. The van der Waals surface area contributed by atoms with Crippen LogP contribution in [0.25, 0.3) is 10.3 Å². The molecular weight excluding hydrogens is 559 g/mol. The fraction of sp³-hybridized carbons (Fsp3) is 0.286. The first-order chi connectivity index (χ1) is 17.8. The van der Waals surface area contributed by atoms with Crippen molar-refractivity contribution in [3.63, 3.8) is 0 Å². The molecule has 0 aliphatic carbocycles. The first-order valence-electron chi connectivity index (χ1n) is 10.7. The van der Waals surface area contributed by atoms with Crippen LogP contribution in [0.15, 0.2) is 44.5 Å². The Hall–Kier alpha value is -3.21. The summed E-state index contributed by atoms with van der Waals surface area (Å²) < 4.78 is 3.73. The van der Waals surface area contributed by atoms with Crippen molar-refractivity contribution >= 4 is 85.2 Å². The van der Waals surface area contributed by atoms with Crippen molar-refractivity contribution in [3.8, 4) is 0 Å². The van der Waals surface area contributed by atoms with Gasteiger partial charge in [-0.15, -0.1) is 23.1 Å². The van der Waals surface area contributed by atoms with Crippen molar-refractivity contribution in [3.05, 3.63) is 40.7 Å². The lowest BCUT2D eigenvalue weighted by Gasteiger charge is -2.50. The molecule has 12 nitrogen and oxygen atoms in total. The topological polar surface area (TPSA) is 167 Å². The van der Waals surface area contributed by atoms with Crippen LogP contribution in [0.4, 0.5) is 5.13 Å². The highest BCUT2D eigenvalue weighted by molar-refractivity contribution is 8.02. The monoisotopic (exact) mass is 577 g/mol. The molecule has 3 N–H and O–H groups in total. The number of hydrogen-bond donors (Lipinski definition) is 2. The molecular formula is C21H19N7O5S4. The lowest BCUT2D eigenvalue weighted by atomic mass is 10.0. The van der Waals surface area contributed by atoms with Gasteiger partial charge in [0.25, 0.3) is 16.2 Å². The number of aromatic nitrogens is 3. The number of carbonyl (C=O) groups excluding carboxylic acids is 3. The number of carboxylic acids is 1. The molecule has 0 spiro atoms. The number of nitrogen functional groups attached to an aromatic ring is 1. The number of oxime groups is 1. The Balaban J connectivity index is 1.31.